The van der Waals surface area contributed by atoms with Gasteiger partial charge in [0.15, 0.2) is 0 Å². The monoisotopic (exact) mass is 227 g/mol. The molecule has 94 valence electrons. The van der Waals surface area contributed by atoms with E-state index in [2.05, 4.69) is 36.3 Å². The summed E-state index contributed by atoms with van der Waals surface area (Å²) in [5.74, 6) is 0. The van der Waals surface area contributed by atoms with Crippen LogP contribution in [0.4, 0.5) is 0 Å². The predicted molar refractivity (Wildman–Crippen MR) is 65.7 cm³/mol. The Kier molecular flexibility index (Phi) is 3.85. The van der Waals surface area contributed by atoms with Crippen LogP contribution in [0.2, 0.25) is 0 Å². The Morgan fingerprint density at radius 1 is 1.38 bits per heavy atom. The molecule has 4 nitrogen and oxygen atoms in total. The Bertz CT molecular complexity index is 232. The zero-order chi connectivity index (χ0) is 11.6. The van der Waals surface area contributed by atoms with Crippen LogP contribution >= 0.6 is 0 Å². The summed E-state index contributed by atoms with van der Waals surface area (Å²) in [5.41, 5.74) is 0.242. The van der Waals surface area contributed by atoms with Crippen molar-refractivity contribution in [2.75, 3.05) is 39.3 Å². The Hall–Kier alpha value is -0.160. The van der Waals surface area contributed by atoms with Gasteiger partial charge in [0.2, 0.25) is 0 Å². The van der Waals surface area contributed by atoms with Gasteiger partial charge < -0.3 is 15.4 Å². The molecule has 0 amide bonds. The quantitative estimate of drug-likeness (QED) is 0.699. The molecule has 0 bridgehead atoms. The molecule has 2 atom stereocenters. The van der Waals surface area contributed by atoms with Crippen molar-refractivity contribution in [1.29, 1.82) is 0 Å². The minimum Gasteiger partial charge on any atom is -0.371 e. The van der Waals surface area contributed by atoms with Gasteiger partial charge in [-0.25, -0.2) is 0 Å². The van der Waals surface area contributed by atoms with E-state index in [0.29, 0.717) is 12.2 Å². The normalized spacial score (nSPS) is 36.2. The highest BCUT2D eigenvalue weighted by Crippen LogP contribution is 2.12. The minimum absolute atomic E-state index is 0.242. The van der Waals surface area contributed by atoms with Crippen LogP contribution in [0.15, 0.2) is 0 Å². The Labute approximate surface area is 98.7 Å². The third kappa shape index (κ3) is 3.42. The summed E-state index contributed by atoms with van der Waals surface area (Å²) in [7, 11) is 0. The van der Waals surface area contributed by atoms with E-state index in [4.69, 9.17) is 4.74 Å². The summed E-state index contributed by atoms with van der Waals surface area (Å²) in [4.78, 5) is 2.51. The van der Waals surface area contributed by atoms with E-state index < -0.39 is 0 Å². The molecule has 0 radical (unpaired) electrons. The molecular weight excluding hydrogens is 202 g/mol. The van der Waals surface area contributed by atoms with Crippen LogP contribution in [0, 0.1) is 0 Å². The van der Waals surface area contributed by atoms with Gasteiger partial charge in [0.25, 0.3) is 0 Å². The lowest BCUT2D eigenvalue weighted by Gasteiger charge is -2.41. The molecule has 0 aliphatic carbocycles. The standard InChI is InChI=1S/C12H25N3O/c1-10-6-13-7-11(16-10)8-15-5-4-14-12(2,3)9-15/h10-11,13-14H,4-9H2,1-3H3/t10-,11+/m1/s1. The highest BCUT2D eigenvalue weighted by Gasteiger charge is 2.28. The zero-order valence-corrected chi connectivity index (χ0v) is 10.8. The van der Waals surface area contributed by atoms with Crippen molar-refractivity contribution in [2.24, 2.45) is 0 Å². The second-order valence-electron chi connectivity index (χ2n) is 5.77. The van der Waals surface area contributed by atoms with Crippen molar-refractivity contribution in [1.82, 2.24) is 15.5 Å². The van der Waals surface area contributed by atoms with Crippen LogP contribution in [-0.2, 0) is 4.74 Å². The van der Waals surface area contributed by atoms with E-state index in [1.165, 1.54) is 0 Å². The largest absolute Gasteiger partial charge is 0.371 e. The predicted octanol–water partition coefficient (Wildman–Crippen LogP) is 0.0471. The number of ether oxygens (including phenoxy) is 1. The van der Waals surface area contributed by atoms with Crippen LogP contribution < -0.4 is 10.6 Å². The first-order valence-corrected chi connectivity index (χ1v) is 6.39. The van der Waals surface area contributed by atoms with Crippen molar-refractivity contribution in [3.05, 3.63) is 0 Å². The van der Waals surface area contributed by atoms with Gasteiger partial charge in [-0.3, -0.25) is 4.90 Å². The molecule has 0 unspecified atom stereocenters. The molecule has 0 aromatic carbocycles. The lowest BCUT2D eigenvalue weighted by atomic mass is 10.0. The van der Waals surface area contributed by atoms with Gasteiger partial charge in [-0.1, -0.05) is 0 Å². The van der Waals surface area contributed by atoms with Crippen molar-refractivity contribution >= 4 is 0 Å². The van der Waals surface area contributed by atoms with Gasteiger partial charge in [0.05, 0.1) is 12.2 Å². The van der Waals surface area contributed by atoms with E-state index in [0.717, 1.165) is 39.3 Å². The molecule has 2 aliphatic heterocycles. The van der Waals surface area contributed by atoms with E-state index >= 15 is 0 Å². The van der Waals surface area contributed by atoms with Crippen molar-refractivity contribution in [2.45, 2.75) is 38.5 Å². The average molecular weight is 227 g/mol. The number of piperazine rings is 1. The molecule has 16 heavy (non-hydrogen) atoms. The highest BCUT2D eigenvalue weighted by molar-refractivity contribution is 4.88. The fourth-order valence-corrected chi connectivity index (χ4v) is 2.67. The first-order valence-electron chi connectivity index (χ1n) is 6.39. The first-order chi connectivity index (χ1) is 7.55. The molecule has 0 aromatic rings. The molecule has 2 heterocycles. The van der Waals surface area contributed by atoms with Gasteiger partial charge in [0, 0.05) is 44.8 Å². The van der Waals surface area contributed by atoms with E-state index in [1.54, 1.807) is 0 Å². The second kappa shape index (κ2) is 5.00. The maximum atomic E-state index is 5.93. The van der Waals surface area contributed by atoms with E-state index in [9.17, 15) is 0 Å². The third-order valence-corrected chi connectivity index (χ3v) is 3.34. The molecule has 2 fully saturated rings. The van der Waals surface area contributed by atoms with E-state index in [1.807, 2.05) is 0 Å². The number of nitrogens with one attached hydrogen (secondary N) is 2. The number of morpholine rings is 1. The minimum atomic E-state index is 0.242. The van der Waals surface area contributed by atoms with Crippen molar-refractivity contribution in [3.63, 3.8) is 0 Å². The molecule has 0 aromatic heterocycles. The van der Waals surface area contributed by atoms with Crippen LogP contribution in [0.5, 0.6) is 0 Å². The fraction of sp³-hybridized carbons (Fsp3) is 1.00. The van der Waals surface area contributed by atoms with Crippen LogP contribution in [0.3, 0.4) is 0 Å². The Balaban J connectivity index is 1.80. The maximum absolute atomic E-state index is 5.93. The topological polar surface area (TPSA) is 36.5 Å². The molecule has 2 aliphatic rings. The van der Waals surface area contributed by atoms with Gasteiger partial charge in [-0.05, 0) is 20.8 Å². The molecule has 0 saturated carbocycles. The Morgan fingerprint density at radius 3 is 2.88 bits per heavy atom. The summed E-state index contributed by atoms with van der Waals surface area (Å²) in [6, 6.07) is 0. The lowest BCUT2D eigenvalue weighted by molar-refractivity contribution is -0.0474. The number of rotatable bonds is 2. The third-order valence-electron chi connectivity index (χ3n) is 3.34. The number of nitrogens with zero attached hydrogens (tertiary/aromatic N) is 1. The van der Waals surface area contributed by atoms with Gasteiger partial charge in [-0.2, -0.15) is 0 Å². The highest BCUT2D eigenvalue weighted by atomic mass is 16.5. The molecule has 2 rings (SSSR count). The molecular formula is C12H25N3O. The molecule has 2 N–H and O–H groups in total. The molecule has 2 saturated heterocycles. The first kappa shape index (κ1) is 12.3. The molecule has 4 heteroatoms. The number of hydrogen-bond acceptors (Lipinski definition) is 4. The zero-order valence-electron chi connectivity index (χ0n) is 10.8. The summed E-state index contributed by atoms with van der Waals surface area (Å²) >= 11 is 0. The SMILES string of the molecule is C[C@@H]1CNC[C@@H](CN2CCNC(C)(C)C2)O1. The van der Waals surface area contributed by atoms with Gasteiger partial charge >= 0.3 is 0 Å². The van der Waals surface area contributed by atoms with Gasteiger partial charge in [0.1, 0.15) is 0 Å². The van der Waals surface area contributed by atoms with E-state index in [-0.39, 0.29) is 5.54 Å². The average Bonchev–Trinajstić information content (AvgIpc) is 2.15. The summed E-state index contributed by atoms with van der Waals surface area (Å²) in [6.45, 7) is 13.0. The fourth-order valence-electron chi connectivity index (χ4n) is 2.67. The lowest BCUT2D eigenvalue weighted by Crippen LogP contribution is -2.59. The van der Waals surface area contributed by atoms with Crippen molar-refractivity contribution < 1.29 is 4.74 Å². The molecule has 0 spiro atoms. The second-order valence-corrected chi connectivity index (χ2v) is 5.77. The van der Waals surface area contributed by atoms with Crippen LogP contribution in [-0.4, -0.2) is 61.9 Å². The smallest absolute Gasteiger partial charge is 0.0830 e. The van der Waals surface area contributed by atoms with Gasteiger partial charge in [-0.15, -0.1) is 0 Å². The maximum Gasteiger partial charge on any atom is 0.0830 e. The summed E-state index contributed by atoms with van der Waals surface area (Å²) < 4.78 is 5.93. The van der Waals surface area contributed by atoms with Crippen LogP contribution in [0.25, 0.3) is 0 Å². The van der Waals surface area contributed by atoms with Crippen LogP contribution in [0.1, 0.15) is 20.8 Å². The summed E-state index contributed by atoms with van der Waals surface area (Å²) in [5, 5.41) is 6.96. The Morgan fingerprint density at radius 2 is 2.19 bits per heavy atom. The summed E-state index contributed by atoms with van der Waals surface area (Å²) in [6.07, 6.45) is 0.715. The van der Waals surface area contributed by atoms with Crippen molar-refractivity contribution in [3.8, 4) is 0 Å². The number of hydrogen-bond donors (Lipinski definition) is 2.